The van der Waals surface area contributed by atoms with Gasteiger partial charge in [0, 0.05) is 6.04 Å². The van der Waals surface area contributed by atoms with Crippen LogP contribution < -0.4 is 5.32 Å². The van der Waals surface area contributed by atoms with E-state index < -0.39 is 0 Å². The summed E-state index contributed by atoms with van der Waals surface area (Å²) in [6.45, 7) is 5.68. The van der Waals surface area contributed by atoms with Crippen LogP contribution in [0.15, 0.2) is 24.3 Å². The predicted molar refractivity (Wildman–Crippen MR) is 78.9 cm³/mol. The summed E-state index contributed by atoms with van der Waals surface area (Å²) in [5.74, 6) is 0.913. The van der Waals surface area contributed by atoms with Crippen molar-refractivity contribution >= 4 is 0 Å². The van der Waals surface area contributed by atoms with Crippen LogP contribution in [0.4, 0.5) is 0 Å². The van der Waals surface area contributed by atoms with Crippen molar-refractivity contribution in [2.45, 2.75) is 58.4 Å². The first-order valence-electron chi connectivity index (χ1n) is 7.59. The van der Waals surface area contributed by atoms with Crippen molar-refractivity contribution in [1.82, 2.24) is 5.32 Å². The molecule has 2 rings (SSSR count). The molecule has 100 valence electrons. The zero-order valence-corrected chi connectivity index (χ0v) is 11.9. The molecule has 1 nitrogen and oxygen atoms in total. The Morgan fingerprint density at radius 1 is 1.17 bits per heavy atom. The second-order valence-corrected chi connectivity index (χ2v) is 5.69. The van der Waals surface area contributed by atoms with Crippen LogP contribution in [0.5, 0.6) is 0 Å². The number of aryl methyl sites for hydroxylation is 1. The minimum atomic E-state index is 0.771. The molecule has 2 unspecified atom stereocenters. The minimum absolute atomic E-state index is 0.771. The van der Waals surface area contributed by atoms with Gasteiger partial charge < -0.3 is 5.32 Å². The van der Waals surface area contributed by atoms with Gasteiger partial charge in [0.25, 0.3) is 0 Å². The average molecular weight is 245 g/mol. The van der Waals surface area contributed by atoms with Crippen LogP contribution in [-0.4, -0.2) is 12.6 Å². The molecule has 1 aromatic rings. The zero-order chi connectivity index (χ0) is 12.8. The Hall–Kier alpha value is -0.820. The smallest absolute Gasteiger partial charge is 0.00953 e. The van der Waals surface area contributed by atoms with E-state index in [0.29, 0.717) is 0 Å². The zero-order valence-electron chi connectivity index (χ0n) is 11.9. The monoisotopic (exact) mass is 245 g/mol. The van der Waals surface area contributed by atoms with E-state index in [0.717, 1.165) is 18.5 Å². The molecule has 1 heteroatoms. The summed E-state index contributed by atoms with van der Waals surface area (Å²) in [5, 5.41) is 3.80. The molecule has 1 N–H and O–H groups in total. The van der Waals surface area contributed by atoms with Gasteiger partial charge in [-0.25, -0.2) is 0 Å². The molecule has 18 heavy (non-hydrogen) atoms. The molecule has 0 radical (unpaired) electrons. The second-order valence-electron chi connectivity index (χ2n) is 5.69. The Kier molecular flexibility index (Phi) is 5.25. The first-order valence-corrected chi connectivity index (χ1v) is 7.59. The molecule has 0 heterocycles. The van der Waals surface area contributed by atoms with E-state index >= 15 is 0 Å². The summed E-state index contributed by atoms with van der Waals surface area (Å²) in [4.78, 5) is 0. The fourth-order valence-electron chi connectivity index (χ4n) is 3.25. The lowest BCUT2D eigenvalue weighted by atomic mass is 9.83. The molecule has 0 aliphatic heterocycles. The summed E-state index contributed by atoms with van der Waals surface area (Å²) in [7, 11) is 0. The van der Waals surface area contributed by atoms with Crippen molar-refractivity contribution in [3.05, 3.63) is 35.4 Å². The summed E-state index contributed by atoms with van der Waals surface area (Å²) in [6, 6.07) is 9.52. The number of rotatable bonds is 5. The van der Waals surface area contributed by atoms with E-state index in [2.05, 4.69) is 43.4 Å². The van der Waals surface area contributed by atoms with Gasteiger partial charge in [-0.05, 0) is 49.8 Å². The molecule has 0 aromatic heterocycles. The highest BCUT2D eigenvalue weighted by molar-refractivity contribution is 5.25. The van der Waals surface area contributed by atoms with Crippen molar-refractivity contribution in [1.29, 1.82) is 0 Å². The van der Waals surface area contributed by atoms with E-state index in [1.54, 1.807) is 0 Å². The Labute approximate surface area is 112 Å². The van der Waals surface area contributed by atoms with Crippen molar-refractivity contribution in [3.8, 4) is 0 Å². The molecule has 1 aliphatic rings. The number of nitrogens with one attached hydrogen (secondary N) is 1. The molecule has 0 amide bonds. The van der Waals surface area contributed by atoms with E-state index in [-0.39, 0.29) is 0 Å². The number of benzene rings is 1. The topological polar surface area (TPSA) is 12.0 Å². The Morgan fingerprint density at radius 3 is 2.72 bits per heavy atom. The average Bonchev–Trinajstić information content (AvgIpc) is 2.41. The summed E-state index contributed by atoms with van der Waals surface area (Å²) >= 11 is 0. The highest BCUT2D eigenvalue weighted by atomic mass is 14.9. The van der Waals surface area contributed by atoms with Gasteiger partial charge in [0.2, 0.25) is 0 Å². The Balaban J connectivity index is 1.79. The standard InChI is InChI=1S/C17H27N/c1-3-15-9-6-7-11-17(15)18-13-12-16-10-5-4-8-14(16)2/h4-5,8,10,15,17-18H,3,6-7,9,11-13H2,1-2H3. The van der Waals surface area contributed by atoms with E-state index in [1.165, 1.54) is 49.7 Å². The minimum Gasteiger partial charge on any atom is -0.313 e. The molecule has 1 aromatic carbocycles. The Morgan fingerprint density at radius 2 is 1.94 bits per heavy atom. The first-order chi connectivity index (χ1) is 8.81. The molecule has 0 bridgehead atoms. The van der Waals surface area contributed by atoms with E-state index in [9.17, 15) is 0 Å². The highest BCUT2D eigenvalue weighted by Gasteiger charge is 2.22. The maximum Gasteiger partial charge on any atom is 0.00953 e. The third-order valence-electron chi connectivity index (χ3n) is 4.50. The molecular formula is C17H27N. The van der Waals surface area contributed by atoms with Crippen LogP contribution in [0.25, 0.3) is 0 Å². The van der Waals surface area contributed by atoms with Crippen LogP contribution in [0, 0.1) is 12.8 Å². The van der Waals surface area contributed by atoms with Gasteiger partial charge >= 0.3 is 0 Å². The molecule has 1 fully saturated rings. The fraction of sp³-hybridized carbons (Fsp3) is 0.647. The normalized spacial score (nSPS) is 24.1. The lowest BCUT2D eigenvalue weighted by Crippen LogP contribution is -2.39. The van der Waals surface area contributed by atoms with Gasteiger partial charge in [-0.2, -0.15) is 0 Å². The van der Waals surface area contributed by atoms with Gasteiger partial charge in [-0.15, -0.1) is 0 Å². The van der Waals surface area contributed by atoms with Gasteiger partial charge in [-0.1, -0.05) is 50.5 Å². The van der Waals surface area contributed by atoms with Crippen LogP contribution in [0.3, 0.4) is 0 Å². The molecule has 0 spiro atoms. The summed E-state index contributed by atoms with van der Waals surface area (Å²) < 4.78 is 0. The molecule has 0 saturated heterocycles. The van der Waals surface area contributed by atoms with Crippen LogP contribution in [0.1, 0.15) is 50.2 Å². The van der Waals surface area contributed by atoms with Gasteiger partial charge in [0.1, 0.15) is 0 Å². The van der Waals surface area contributed by atoms with Crippen molar-refractivity contribution < 1.29 is 0 Å². The maximum absolute atomic E-state index is 3.80. The SMILES string of the molecule is CCC1CCCCC1NCCc1ccccc1C. The lowest BCUT2D eigenvalue weighted by molar-refractivity contribution is 0.257. The molecule has 2 atom stereocenters. The first kappa shape index (κ1) is 13.6. The third-order valence-corrected chi connectivity index (χ3v) is 4.50. The summed E-state index contributed by atoms with van der Waals surface area (Å²) in [6.07, 6.45) is 8.17. The number of hydrogen-bond donors (Lipinski definition) is 1. The molecule has 1 saturated carbocycles. The predicted octanol–water partition coefficient (Wildman–Crippen LogP) is 4.10. The number of hydrogen-bond acceptors (Lipinski definition) is 1. The van der Waals surface area contributed by atoms with Gasteiger partial charge in [-0.3, -0.25) is 0 Å². The highest BCUT2D eigenvalue weighted by Crippen LogP contribution is 2.26. The van der Waals surface area contributed by atoms with Gasteiger partial charge in [0.05, 0.1) is 0 Å². The van der Waals surface area contributed by atoms with Gasteiger partial charge in [0.15, 0.2) is 0 Å². The van der Waals surface area contributed by atoms with E-state index in [4.69, 9.17) is 0 Å². The third kappa shape index (κ3) is 3.58. The molecular weight excluding hydrogens is 218 g/mol. The van der Waals surface area contributed by atoms with Crippen LogP contribution in [0.2, 0.25) is 0 Å². The van der Waals surface area contributed by atoms with Crippen molar-refractivity contribution in [3.63, 3.8) is 0 Å². The Bertz CT molecular complexity index is 358. The van der Waals surface area contributed by atoms with Crippen LogP contribution >= 0.6 is 0 Å². The van der Waals surface area contributed by atoms with E-state index in [1.807, 2.05) is 0 Å². The largest absolute Gasteiger partial charge is 0.313 e. The van der Waals surface area contributed by atoms with Crippen LogP contribution in [-0.2, 0) is 6.42 Å². The van der Waals surface area contributed by atoms with Crippen molar-refractivity contribution in [2.24, 2.45) is 5.92 Å². The lowest BCUT2D eigenvalue weighted by Gasteiger charge is -2.31. The fourth-order valence-corrected chi connectivity index (χ4v) is 3.25. The maximum atomic E-state index is 3.80. The second kappa shape index (κ2) is 6.94. The summed E-state index contributed by atoms with van der Waals surface area (Å²) in [5.41, 5.74) is 2.92. The quantitative estimate of drug-likeness (QED) is 0.823. The van der Waals surface area contributed by atoms with Crippen molar-refractivity contribution in [2.75, 3.05) is 6.54 Å². The molecule has 1 aliphatic carbocycles.